The zero-order valence-electron chi connectivity index (χ0n) is 15.3. The molecule has 0 saturated carbocycles. The van der Waals surface area contributed by atoms with Crippen LogP contribution in [-0.2, 0) is 11.4 Å². The number of anilines is 1. The van der Waals surface area contributed by atoms with Gasteiger partial charge in [-0.15, -0.1) is 10.2 Å². The molecule has 5 nitrogen and oxygen atoms in total. The highest BCUT2D eigenvalue weighted by Crippen LogP contribution is 2.22. The van der Waals surface area contributed by atoms with E-state index in [-0.39, 0.29) is 5.91 Å². The number of benzene rings is 2. The molecule has 1 N–H and O–H groups in total. The van der Waals surface area contributed by atoms with Crippen molar-refractivity contribution in [2.75, 3.05) is 5.32 Å². The molecule has 2 aromatic carbocycles. The zero-order valence-corrected chi connectivity index (χ0v) is 16.1. The largest absolute Gasteiger partial charge is 0.489 e. The summed E-state index contributed by atoms with van der Waals surface area (Å²) < 4.78 is 5.81. The summed E-state index contributed by atoms with van der Waals surface area (Å²) in [5.41, 5.74) is 1.99. The summed E-state index contributed by atoms with van der Waals surface area (Å²) in [5.74, 6) is 0.812. The number of amides is 1. The van der Waals surface area contributed by atoms with Crippen LogP contribution in [0.15, 0.2) is 60.7 Å². The lowest BCUT2D eigenvalue weighted by Crippen LogP contribution is -2.07. The molecule has 0 fully saturated rings. The summed E-state index contributed by atoms with van der Waals surface area (Å²) in [6.07, 6.45) is 3.22. The second-order valence-electron chi connectivity index (χ2n) is 6.27. The van der Waals surface area contributed by atoms with Crippen LogP contribution in [0, 0.1) is 0 Å². The maximum absolute atomic E-state index is 12.1. The Morgan fingerprint density at radius 3 is 2.70 bits per heavy atom. The fourth-order valence-corrected chi connectivity index (χ4v) is 3.04. The highest BCUT2D eigenvalue weighted by molar-refractivity contribution is 7.15. The number of rotatable bonds is 7. The van der Waals surface area contributed by atoms with E-state index in [1.165, 1.54) is 17.4 Å². The van der Waals surface area contributed by atoms with Crippen molar-refractivity contribution in [3.63, 3.8) is 0 Å². The van der Waals surface area contributed by atoms with Gasteiger partial charge in [0.15, 0.2) is 0 Å². The van der Waals surface area contributed by atoms with E-state index in [9.17, 15) is 4.79 Å². The lowest BCUT2D eigenvalue weighted by molar-refractivity contribution is -0.111. The molecule has 3 aromatic rings. The Balaban J connectivity index is 1.57. The number of carbonyl (C=O) groups excluding carboxylic acids is 1. The molecule has 0 spiro atoms. The molecule has 0 atom stereocenters. The third kappa shape index (κ3) is 5.76. The Bertz CT molecular complexity index is 920. The van der Waals surface area contributed by atoms with E-state index in [1.54, 1.807) is 6.08 Å². The van der Waals surface area contributed by atoms with Crippen molar-refractivity contribution in [2.45, 2.75) is 26.4 Å². The molecule has 0 radical (unpaired) electrons. The van der Waals surface area contributed by atoms with Gasteiger partial charge in [-0.3, -0.25) is 10.1 Å². The van der Waals surface area contributed by atoms with Crippen molar-refractivity contribution in [1.82, 2.24) is 10.2 Å². The summed E-state index contributed by atoms with van der Waals surface area (Å²) in [6.45, 7) is 4.58. The van der Waals surface area contributed by atoms with Crippen LogP contribution >= 0.6 is 11.3 Å². The molecule has 138 valence electrons. The van der Waals surface area contributed by atoms with Crippen LogP contribution in [-0.4, -0.2) is 16.1 Å². The Kier molecular flexibility index (Phi) is 6.33. The molecule has 0 aliphatic heterocycles. The number of aromatic nitrogens is 2. The van der Waals surface area contributed by atoms with Gasteiger partial charge in [-0.25, -0.2) is 0 Å². The number of carbonyl (C=O) groups is 1. The van der Waals surface area contributed by atoms with Crippen molar-refractivity contribution in [2.24, 2.45) is 0 Å². The molecule has 27 heavy (non-hydrogen) atoms. The number of hydrogen-bond acceptors (Lipinski definition) is 5. The minimum Gasteiger partial charge on any atom is -0.489 e. The topological polar surface area (TPSA) is 64.1 Å². The number of hydrogen-bond donors (Lipinski definition) is 1. The first-order chi connectivity index (χ1) is 13.1. The number of ether oxygens (including phenoxy) is 1. The standard InChI is InChI=1S/C21H21N3O2S/c1-15(2)20-23-24-21(27-20)22-19(25)12-11-16-9-6-10-18(13-16)26-14-17-7-4-3-5-8-17/h3-13,15H,14H2,1-2H3,(H,22,24,25)/b12-11+. The predicted octanol–water partition coefficient (Wildman–Crippen LogP) is 4.89. The lowest BCUT2D eigenvalue weighted by atomic mass is 10.2. The molecule has 0 aliphatic rings. The Labute approximate surface area is 162 Å². The maximum Gasteiger partial charge on any atom is 0.250 e. The van der Waals surface area contributed by atoms with Crippen LogP contribution < -0.4 is 10.1 Å². The van der Waals surface area contributed by atoms with Gasteiger partial charge in [-0.1, -0.05) is 67.6 Å². The lowest BCUT2D eigenvalue weighted by Gasteiger charge is -2.06. The maximum atomic E-state index is 12.1. The van der Waals surface area contributed by atoms with Crippen LogP contribution in [0.5, 0.6) is 5.75 Å². The fraction of sp³-hybridized carbons (Fsp3) is 0.190. The molecule has 0 saturated heterocycles. The van der Waals surface area contributed by atoms with Crippen molar-refractivity contribution < 1.29 is 9.53 Å². The molecule has 6 heteroatoms. The van der Waals surface area contributed by atoms with E-state index >= 15 is 0 Å². The Hall–Kier alpha value is -2.99. The van der Waals surface area contributed by atoms with E-state index in [4.69, 9.17) is 4.74 Å². The van der Waals surface area contributed by atoms with Gasteiger partial charge in [0.25, 0.3) is 0 Å². The molecule has 0 aliphatic carbocycles. The first kappa shape index (κ1) is 18.8. The van der Waals surface area contributed by atoms with Crippen LogP contribution in [0.2, 0.25) is 0 Å². The van der Waals surface area contributed by atoms with Gasteiger partial charge >= 0.3 is 0 Å². The fourth-order valence-electron chi connectivity index (χ4n) is 2.29. The molecule has 0 bridgehead atoms. The number of nitrogens with zero attached hydrogens (tertiary/aromatic N) is 2. The molecular weight excluding hydrogens is 358 g/mol. The summed E-state index contributed by atoms with van der Waals surface area (Å²) in [4.78, 5) is 12.1. The minimum atomic E-state index is -0.239. The van der Waals surface area contributed by atoms with Crippen LogP contribution in [0.25, 0.3) is 6.08 Å². The molecular formula is C21H21N3O2S. The Morgan fingerprint density at radius 1 is 1.15 bits per heavy atom. The van der Waals surface area contributed by atoms with Crippen molar-refractivity contribution >= 4 is 28.5 Å². The van der Waals surface area contributed by atoms with Crippen molar-refractivity contribution in [3.05, 3.63) is 76.8 Å². The van der Waals surface area contributed by atoms with Crippen LogP contribution in [0.3, 0.4) is 0 Å². The second-order valence-corrected chi connectivity index (χ2v) is 7.28. The highest BCUT2D eigenvalue weighted by atomic mass is 32.1. The van der Waals surface area contributed by atoms with Gasteiger partial charge in [-0.05, 0) is 29.3 Å². The first-order valence-electron chi connectivity index (χ1n) is 8.69. The summed E-state index contributed by atoms with van der Waals surface area (Å²) in [7, 11) is 0. The average molecular weight is 379 g/mol. The van der Waals surface area contributed by atoms with Crippen molar-refractivity contribution in [1.29, 1.82) is 0 Å². The van der Waals surface area contributed by atoms with Crippen molar-refractivity contribution in [3.8, 4) is 5.75 Å². The molecule has 3 rings (SSSR count). The SMILES string of the molecule is CC(C)c1nnc(NC(=O)/C=C/c2cccc(OCc3ccccc3)c2)s1. The molecule has 1 heterocycles. The van der Waals surface area contributed by atoms with Gasteiger partial charge in [0.05, 0.1) is 0 Å². The van der Waals surface area contributed by atoms with E-state index < -0.39 is 0 Å². The second kappa shape index (κ2) is 9.09. The van der Waals surface area contributed by atoms with Crippen LogP contribution in [0.4, 0.5) is 5.13 Å². The summed E-state index contributed by atoms with van der Waals surface area (Å²) in [6, 6.07) is 17.6. The monoisotopic (exact) mass is 379 g/mol. The van der Waals surface area contributed by atoms with E-state index in [1.807, 2.05) is 68.4 Å². The highest BCUT2D eigenvalue weighted by Gasteiger charge is 2.08. The van der Waals surface area contributed by atoms with Gasteiger partial charge in [0, 0.05) is 12.0 Å². The first-order valence-corrected chi connectivity index (χ1v) is 9.51. The van der Waals surface area contributed by atoms with E-state index in [0.29, 0.717) is 17.7 Å². The quantitative estimate of drug-likeness (QED) is 0.594. The smallest absolute Gasteiger partial charge is 0.250 e. The Morgan fingerprint density at radius 2 is 1.96 bits per heavy atom. The van der Waals surface area contributed by atoms with Gasteiger partial charge in [0.2, 0.25) is 11.0 Å². The van der Waals surface area contributed by atoms with E-state index in [2.05, 4.69) is 15.5 Å². The third-order valence-corrected chi connectivity index (χ3v) is 4.84. The summed E-state index contributed by atoms with van der Waals surface area (Å²) in [5, 5.41) is 12.2. The molecule has 1 amide bonds. The zero-order chi connectivity index (χ0) is 19.1. The average Bonchev–Trinajstić information content (AvgIpc) is 3.15. The summed E-state index contributed by atoms with van der Waals surface area (Å²) >= 11 is 1.39. The van der Waals surface area contributed by atoms with Crippen LogP contribution in [0.1, 0.15) is 35.9 Å². The van der Waals surface area contributed by atoms with Gasteiger partial charge in [0.1, 0.15) is 17.4 Å². The number of nitrogens with one attached hydrogen (secondary N) is 1. The third-order valence-electron chi connectivity index (χ3n) is 3.70. The van der Waals surface area contributed by atoms with Gasteiger partial charge < -0.3 is 4.74 Å². The van der Waals surface area contributed by atoms with E-state index in [0.717, 1.165) is 21.9 Å². The normalized spacial score (nSPS) is 11.1. The molecule has 1 aromatic heterocycles. The predicted molar refractivity (Wildman–Crippen MR) is 109 cm³/mol. The minimum absolute atomic E-state index is 0.239. The van der Waals surface area contributed by atoms with Gasteiger partial charge in [-0.2, -0.15) is 0 Å². The molecule has 0 unspecified atom stereocenters.